The molecule has 0 aliphatic carbocycles. The number of pyridine rings is 1. The molecule has 1 amide bonds. The Kier molecular flexibility index (Phi) is 5.20. The van der Waals surface area contributed by atoms with E-state index in [1.165, 1.54) is 17.1 Å². The van der Waals surface area contributed by atoms with Crippen molar-refractivity contribution in [2.75, 3.05) is 13.1 Å². The molecular weight excluding hydrogens is 370 g/mol. The summed E-state index contributed by atoms with van der Waals surface area (Å²) < 4.78 is 7.28. The summed E-state index contributed by atoms with van der Waals surface area (Å²) in [5.74, 6) is 0.354. The lowest BCUT2D eigenvalue weighted by molar-refractivity contribution is -0.130. The quantitative estimate of drug-likeness (QED) is 0.659. The van der Waals surface area contributed by atoms with Crippen molar-refractivity contribution < 1.29 is 9.53 Å². The van der Waals surface area contributed by atoms with E-state index in [0.717, 1.165) is 0 Å². The van der Waals surface area contributed by atoms with Crippen LogP contribution in [0.25, 0.3) is 10.9 Å². The molecule has 3 heterocycles. The number of aryl methyl sites for hydroxylation is 1. The van der Waals surface area contributed by atoms with E-state index < -0.39 is 0 Å². The number of nitrogens with zero attached hydrogens (tertiary/aromatic N) is 5. The van der Waals surface area contributed by atoms with Crippen LogP contribution in [0.1, 0.15) is 18.4 Å². The largest absolute Gasteiger partial charge is 0.472 e. The van der Waals surface area contributed by atoms with Gasteiger partial charge >= 0.3 is 0 Å². The van der Waals surface area contributed by atoms with Gasteiger partial charge in [-0.15, -0.1) is 0 Å². The molecule has 4 rings (SSSR count). The molecule has 0 bridgehead atoms. The third-order valence-corrected chi connectivity index (χ3v) is 4.95. The maximum absolute atomic E-state index is 12.6. The summed E-state index contributed by atoms with van der Waals surface area (Å²) in [7, 11) is 0. The van der Waals surface area contributed by atoms with E-state index in [1.807, 2.05) is 12.1 Å². The fraction of sp³-hybridized carbons (Fsp3) is 0.286. The summed E-state index contributed by atoms with van der Waals surface area (Å²) in [6, 6.07) is 12.4. The number of amides is 1. The number of fused-ring (bicyclic) bond motifs is 1. The summed E-state index contributed by atoms with van der Waals surface area (Å²) >= 11 is 0. The van der Waals surface area contributed by atoms with Crippen LogP contribution >= 0.6 is 0 Å². The highest BCUT2D eigenvalue weighted by Crippen LogP contribution is 2.18. The number of aromatic nitrogens is 3. The first kappa shape index (κ1) is 18.6. The highest BCUT2D eigenvalue weighted by atomic mass is 16.5. The van der Waals surface area contributed by atoms with Crippen molar-refractivity contribution in [3.8, 4) is 11.9 Å². The lowest BCUT2D eigenvalue weighted by Gasteiger charge is -2.17. The molecule has 0 saturated carbocycles. The molecule has 1 aliphatic heterocycles. The molecule has 0 spiro atoms. The number of nitriles is 1. The number of carbonyl (C=O) groups excluding carboxylic acids is 1. The van der Waals surface area contributed by atoms with Crippen molar-refractivity contribution in [3.05, 3.63) is 64.8 Å². The predicted octanol–water partition coefficient (Wildman–Crippen LogP) is 1.73. The summed E-state index contributed by atoms with van der Waals surface area (Å²) in [5.41, 5.74) is 0.985. The monoisotopic (exact) mass is 389 g/mol. The molecule has 1 unspecified atom stereocenters. The SMILES string of the molecule is N#Cc1ccnc(OC2CCN(C(=O)CCn3cnc4ccccc4c3=O)C2)c1. The van der Waals surface area contributed by atoms with Gasteiger partial charge in [-0.1, -0.05) is 12.1 Å². The van der Waals surface area contributed by atoms with Gasteiger partial charge in [0, 0.05) is 38.2 Å². The Balaban J connectivity index is 1.34. The fourth-order valence-electron chi connectivity index (χ4n) is 3.40. The molecule has 1 saturated heterocycles. The number of rotatable bonds is 5. The van der Waals surface area contributed by atoms with E-state index in [4.69, 9.17) is 10.00 Å². The van der Waals surface area contributed by atoms with Crippen LogP contribution < -0.4 is 10.3 Å². The van der Waals surface area contributed by atoms with Crippen LogP contribution in [0.15, 0.2) is 53.7 Å². The standard InChI is InChI=1S/C21H19N5O3/c22-12-15-5-8-23-19(11-15)29-16-6-9-25(13-16)20(27)7-10-26-14-24-18-4-2-1-3-17(18)21(26)28/h1-5,8,11,14,16H,6-7,9-10,13H2. The maximum Gasteiger partial charge on any atom is 0.261 e. The topological polar surface area (TPSA) is 101 Å². The van der Waals surface area contributed by atoms with Gasteiger partial charge in [-0.25, -0.2) is 9.97 Å². The molecule has 1 fully saturated rings. The van der Waals surface area contributed by atoms with Gasteiger partial charge in [0.1, 0.15) is 6.10 Å². The Morgan fingerprint density at radius 3 is 3.00 bits per heavy atom. The van der Waals surface area contributed by atoms with Crippen LogP contribution in [0.5, 0.6) is 5.88 Å². The van der Waals surface area contributed by atoms with Crippen LogP contribution in [-0.4, -0.2) is 44.5 Å². The normalized spacial score (nSPS) is 16.0. The zero-order valence-corrected chi connectivity index (χ0v) is 15.7. The smallest absolute Gasteiger partial charge is 0.261 e. The molecule has 3 aromatic rings. The number of hydrogen-bond acceptors (Lipinski definition) is 6. The average molecular weight is 389 g/mol. The van der Waals surface area contributed by atoms with Crippen LogP contribution in [0.2, 0.25) is 0 Å². The van der Waals surface area contributed by atoms with Gasteiger partial charge in [0.2, 0.25) is 11.8 Å². The summed E-state index contributed by atoms with van der Waals surface area (Å²) in [6.07, 6.45) is 3.77. The molecule has 29 heavy (non-hydrogen) atoms. The van der Waals surface area contributed by atoms with Crippen molar-refractivity contribution in [1.29, 1.82) is 5.26 Å². The zero-order chi connectivity index (χ0) is 20.2. The third-order valence-electron chi connectivity index (χ3n) is 4.95. The zero-order valence-electron chi connectivity index (χ0n) is 15.7. The van der Waals surface area contributed by atoms with E-state index in [2.05, 4.69) is 9.97 Å². The van der Waals surface area contributed by atoms with E-state index in [9.17, 15) is 9.59 Å². The van der Waals surface area contributed by atoms with Gasteiger partial charge in [-0.05, 0) is 18.2 Å². The minimum atomic E-state index is -0.162. The predicted molar refractivity (Wildman–Crippen MR) is 105 cm³/mol. The number of likely N-dealkylation sites (tertiary alicyclic amines) is 1. The van der Waals surface area contributed by atoms with E-state index in [1.54, 1.807) is 35.2 Å². The summed E-state index contributed by atoms with van der Waals surface area (Å²) in [5, 5.41) is 9.50. The number of hydrogen-bond donors (Lipinski definition) is 0. The Morgan fingerprint density at radius 1 is 1.28 bits per heavy atom. The van der Waals surface area contributed by atoms with Crippen LogP contribution in [0.4, 0.5) is 0 Å². The van der Waals surface area contributed by atoms with E-state index in [-0.39, 0.29) is 30.5 Å². The average Bonchev–Trinajstić information content (AvgIpc) is 3.22. The molecule has 0 N–H and O–H groups in total. The molecule has 2 aromatic heterocycles. The van der Waals surface area contributed by atoms with Gasteiger partial charge in [0.05, 0.1) is 35.4 Å². The first-order chi connectivity index (χ1) is 14.1. The van der Waals surface area contributed by atoms with Gasteiger partial charge in [0.15, 0.2) is 0 Å². The van der Waals surface area contributed by atoms with Gasteiger partial charge in [-0.2, -0.15) is 5.26 Å². The molecule has 8 nitrogen and oxygen atoms in total. The summed E-state index contributed by atoms with van der Waals surface area (Å²) in [4.78, 5) is 35.2. The highest BCUT2D eigenvalue weighted by Gasteiger charge is 2.27. The van der Waals surface area contributed by atoms with Gasteiger partial charge < -0.3 is 9.64 Å². The van der Waals surface area contributed by atoms with Gasteiger partial charge in [0.25, 0.3) is 5.56 Å². The molecule has 1 aromatic carbocycles. The molecule has 1 aliphatic rings. The van der Waals surface area contributed by atoms with Crippen molar-refractivity contribution >= 4 is 16.8 Å². The third kappa shape index (κ3) is 4.09. The van der Waals surface area contributed by atoms with Crippen LogP contribution in [0, 0.1) is 11.3 Å². The highest BCUT2D eigenvalue weighted by molar-refractivity contribution is 5.77. The first-order valence-corrected chi connectivity index (χ1v) is 9.39. The Morgan fingerprint density at radius 2 is 2.14 bits per heavy atom. The maximum atomic E-state index is 12.6. The van der Waals surface area contributed by atoms with Crippen molar-refractivity contribution in [1.82, 2.24) is 19.4 Å². The van der Waals surface area contributed by atoms with Crippen molar-refractivity contribution in [2.45, 2.75) is 25.5 Å². The minimum Gasteiger partial charge on any atom is -0.472 e. The summed E-state index contributed by atoms with van der Waals surface area (Å²) in [6.45, 7) is 1.33. The second-order valence-corrected chi connectivity index (χ2v) is 6.87. The van der Waals surface area contributed by atoms with Gasteiger partial charge in [-0.3, -0.25) is 14.2 Å². The lowest BCUT2D eigenvalue weighted by Crippen LogP contribution is -2.32. The fourth-order valence-corrected chi connectivity index (χ4v) is 3.40. The molecule has 0 radical (unpaired) electrons. The number of ether oxygens (including phenoxy) is 1. The molecule has 146 valence electrons. The number of carbonyl (C=O) groups is 1. The number of benzene rings is 1. The Labute approximate surface area is 167 Å². The first-order valence-electron chi connectivity index (χ1n) is 9.39. The van der Waals surface area contributed by atoms with E-state index >= 15 is 0 Å². The Hall–Kier alpha value is -3.73. The Bertz CT molecular complexity index is 1150. The van der Waals surface area contributed by atoms with Crippen molar-refractivity contribution in [2.24, 2.45) is 0 Å². The van der Waals surface area contributed by atoms with Crippen LogP contribution in [0.3, 0.4) is 0 Å². The second kappa shape index (κ2) is 8.10. The van der Waals surface area contributed by atoms with Crippen LogP contribution in [-0.2, 0) is 11.3 Å². The second-order valence-electron chi connectivity index (χ2n) is 6.87. The minimum absolute atomic E-state index is 0.0325. The number of para-hydroxylation sites is 1. The molecular formula is C21H19N5O3. The van der Waals surface area contributed by atoms with Crippen molar-refractivity contribution in [3.63, 3.8) is 0 Å². The lowest BCUT2D eigenvalue weighted by atomic mass is 10.2. The molecule has 1 atom stereocenters. The van der Waals surface area contributed by atoms with E-state index in [0.29, 0.717) is 41.9 Å². The molecule has 8 heteroatoms.